The van der Waals surface area contributed by atoms with Gasteiger partial charge >= 0.3 is 5.97 Å². The van der Waals surface area contributed by atoms with Gasteiger partial charge in [0.1, 0.15) is 5.69 Å². The van der Waals surface area contributed by atoms with Gasteiger partial charge in [0.2, 0.25) is 5.91 Å². The van der Waals surface area contributed by atoms with Crippen LogP contribution < -0.4 is 10.2 Å². The molecular weight excluding hydrogens is 773 g/mol. The summed E-state index contributed by atoms with van der Waals surface area (Å²) >= 11 is 19.5. The number of fused-ring (bicyclic) bond motifs is 1. The number of carbonyl (C=O) groups excluding carboxylic acids is 2. The SMILES string of the molecule is CCCN(C(C)=O)C1CCN(c2ncc(C(=O)O)cc2NC(=O)c2[nH]c3cc(Cl)ccc3c2-c2c(-c3ccccc3)ncn2C(C)c2ccc(Cl)cc2Cl)CC1. The number of nitrogens with zero attached hydrogens (tertiary/aromatic N) is 5. The van der Waals surface area contributed by atoms with Crippen LogP contribution in [-0.4, -0.2) is 73.0 Å². The molecule has 0 bridgehead atoms. The van der Waals surface area contributed by atoms with Crippen LogP contribution in [0, 0.1) is 0 Å². The predicted octanol–water partition coefficient (Wildman–Crippen LogP) is 9.84. The summed E-state index contributed by atoms with van der Waals surface area (Å²) < 4.78 is 1.98. The average molecular weight is 813 g/mol. The van der Waals surface area contributed by atoms with Gasteiger partial charge in [0.25, 0.3) is 5.91 Å². The number of carboxylic acids is 1. The number of halogens is 3. The molecule has 4 heterocycles. The largest absolute Gasteiger partial charge is 0.478 e. The predicted molar refractivity (Wildman–Crippen MR) is 222 cm³/mol. The van der Waals surface area contributed by atoms with Gasteiger partial charge in [-0.3, -0.25) is 9.59 Å². The van der Waals surface area contributed by atoms with Gasteiger partial charge in [-0.15, -0.1) is 0 Å². The molecule has 14 heteroatoms. The first-order valence-electron chi connectivity index (χ1n) is 18.4. The van der Waals surface area contributed by atoms with Crippen LogP contribution in [0.15, 0.2) is 85.3 Å². The maximum Gasteiger partial charge on any atom is 0.337 e. The van der Waals surface area contributed by atoms with E-state index in [0.717, 1.165) is 22.9 Å². The number of H-pyrrole nitrogens is 1. The van der Waals surface area contributed by atoms with Crippen LogP contribution in [0.25, 0.3) is 33.4 Å². The van der Waals surface area contributed by atoms with Gasteiger partial charge in [-0.2, -0.15) is 0 Å². The Bertz CT molecular complexity index is 2440. The van der Waals surface area contributed by atoms with Gasteiger partial charge in [0, 0.05) is 75.9 Å². The number of pyridine rings is 1. The smallest absolute Gasteiger partial charge is 0.337 e. The van der Waals surface area contributed by atoms with Gasteiger partial charge in [0.05, 0.1) is 35.0 Å². The van der Waals surface area contributed by atoms with Crippen molar-refractivity contribution in [1.82, 2.24) is 24.4 Å². The van der Waals surface area contributed by atoms with Gasteiger partial charge in [-0.05, 0) is 62.1 Å². The number of carboxylic acid groups (broad SMARTS) is 1. The number of aromatic nitrogens is 4. The lowest BCUT2D eigenvalue weighted by Crippen LogP contribution is -2.47. The summed E-state index contributed by atoms with van der Waals surface area (Å²) in [5.41, 5.74) is 4.46. The Labute approximate surface area is 339 Å². The summed E-state index contributed by atoms with van der Waals surface area (Å²) in [6.07, 6.45) is 5.29. The molecule has 56 heavy (non-hydrogen) atoms. The summed E-state index contributed by atoms with van der Waals surface area (Å²) in [4.78, 5) is 56.1. The first-order chi connectivity index (χ1) is 26.9. The second-order valence-corrected chi connectivity index (χ2v) is 15.2. The molecule has 3 N–H and O–H groups in total. The van der Waals surface area contributed by atoms with E-state index in [1.165, 1.54) is 12.3 Å². The highest BCUT2D eigenvalue weighted by Gasteiger charge is 2.31. The summed E-state index contributed by atoms with van der Waals surface area (Å²) in [7, 11) is 0. The zero-order valence-corrected chi connectivity index (χ0v) is 33.3. The van der Waals surface area contributed by atoms with Crippen LogP contribution in [0.3, 0.4) is 0 Å². The number of hydrogen-bond acceptors (Lipinski definition) is 6. The molecule has 288 valence electrons. The highest BCUT2D eigenvalue weighted by Crippen LogP contribution is 2.42. The topological polar surface area (TPSA) is 136 Å². The lowest BCUT2D eigenvalue weighted by Gasteiger charge is -2.39. The summed E-state index contributed by atoms with van der Waals surface area (Å²) in [5, 5.41) is 15.2. The molecule has 1 fully saturated rings. The summed E-state index contributed by atoms with van der Waals surface area (Å²) in [5.74, 6) is -1.22. The second kappa shape index (κ2) is 16.4. The van der Waals surface area contributed by atoms with Crippen molar-refractivity contribution < 1.29 is 19.5 Å². The van der Waals surface area contributed by atoms with E-state index in [2.05, 4.69) is 15.3 Å². The Morgan fingerprint density at radius 2 is 1.70 bits per heavy atom. The molecule has 1 aliphatic rings. The fourth-order valence-electron chi connectivity index (χ4n) is 7.62. The Balaban J connectivity index is 1.34. The molecule has 1 saturated heterocycles. The number of aromatic carboxylic acids is 1. The molecule has 0 saturated carbocycles. The Hall–Kier alpha value is -5.36. The molecule has 3 aromatic heterocycles. The number of hydrogen-bond donors (Lipinski definition) is 3. The molecule has 1 atom stereocenters. The molecule has 3 aromatic carbocycles. The molecule has 1 aliphatic heterocycles. The quantitative estimate of drug-likeness (QED) is 0.119. The van der Waals surface area contributed by atoms with E-state index in [-0.39, 0.29) is 34.9 Å². The Kier molecular flexibility index (Phi) is 11.4. The van der Waals surface area contributed by atoms with E-state index in [4.69, 9.17) is 39.8 Å². The van der Waals surface area contributed by atoms with E-state index >= 15 is 0 Å². The molecule has 0 spiro atoms. The van der Waals surface area contributed by atoms with Crippen molar-refractivity contribution >= 4 is 75.0 Å². The monoisotopic (exact) mass is 811 g/mol. The van der Waals surface area contributed by atoms with Crippen molar-refractivity contribution in [3.8, 4) is 22.5 Å². The molecule has 2 amide bonds. The fourth-order valence-corrected chi connectivity index (χ4v) is 8.35. The van der Waals surface area contributed by atoms with Crippen LogP contribution in [0.4, 0.5) is 11.5 Å². The van der Waals surface area contributed by atoms with E-state index in [0.29, 0.717) is 75.8 Å². The van der Waals surface area contributed by atoms with Gasteiger partial charge in [-0.1, -0.05) is 84.2 Å². The molecule has 1 unspecified atom stereocenters. The van der Waals surface area contributed by atoms with Gasteiger partial charge in [0.15, 0.2) is 5.82 Å². The normalized spacial score (nSPS) is 13.9. The highest BCUT2D eigenvalue weighted by atomic mass is 35.5. The van der Waals surface area contributed by atoms with Crippen LogP contribution in [0.5, 0.6) is 0 Å². The highest BCUT2D eigenvalue weighted by molar-refractivity contribution is 6.35. The number of benzene rings is 3. The van der Waals surface area contributed by atoms with Crippen molar-refractivity contribution in [2.75, 3.05) is 29.9 Å². The third-order valence-electron chi connectivity index (χ3n) is 10.3. The first kappa shape index (κ1) is 38.9. The number of anilines is 2. The number of amides is 2. The first-order valence-corrected chi connectivity index (χ1v) is 19.5. The number of rotatable bonds is 11. The minimum atomic E-state index is -1.18. The Morgan fingerprint density at radius 3 is 2.38 bits per heavy atom. The molecule has 6 aromatic rings. The third-order valence-corrected chi connectivity index (χ3v) is 11.1. The molecule has 11 nitrogen and oxygen atoms in total. The van der Waals surface area contributed by atoms with Crippen LogP contribution in [0.1, 0.15) is 72.5 Å². The number of nitrogens with one attached hydrogen (secondary N) is 2. The minimum absolute atomic E-state index is 0.0417. The maximum absolute atomic E-state index is 14.8. The van der Waals surface area contributed by atoms with E-state index < -0.39 is 11.9 Å². The number of imidazole rings is 1. The molecular formula is C42H40Cl3N7O4. The van der Waals surface area contributed by atoms with E-state index in [9.17, 15) is 19.5 Å². The van der Waals surface area contributed by atoms with Crippen LogP contribution in [0.2, 0.25) is 15.1 Å². The molecule has 0 radical (unpaired) electrons. The van der Waals surface area contributed by atoms with Crippen molar-refractivity contribution in [1.29, 1.82) is 0 Å². The Morgan fingerprint density at radius 1 is 0.982 bits per heavy atom. The van der Waals surface area contributed by atoms with Crippen molar-refractivity contribution in [3.05, 3.63) is 117 Å². The van der Waals surface area contributed by atoms with Crippen molar-refractivity contribution in [2.45, 2.75) is 52.1 Å². The van der Waals surface area contributed by atoms with Crippen molar-refractivity contribution in [3.63, 3.8) is 0 Å². The number of aromatic amines is 1. The maximum atomic E-state index is 14.8. The second-order valence-electron chi connectivity index (χ2n) is 13.9. The average Bonchev–Trinajstić information content (AvgIpc) is 3.78. The van der Waals surface area contributed by atoms with E-state index in [1.54, 1.807) is 37.5 Å². The van der Waals surface area contributed by atoms with E-state index in [1.807, 2.05) is 70.7 Å². The van der Waals surface area contributed by atoms with Crippen molar-refractivity contribution in [2.24, 2.45) is 0 Å². The standard InChI is InChI=1S/C42H40Cl3N7O4/c1-4-16-51(25(3)53)30-14-17-50(18-15-30)40-35(19-27(22-46-40)42(55)56)49-41(54)38-36(32-13-11-29(44)21-34(32)48-38)39-37(26-8-6-5-7-9-26)47-23-52(39)24(2)31-12-10-28(43)20-33(31)45/h5-13,19-24,30,48H,4,14-18H2,1-3H3,(H,49,54)(H,55,56). The third kappa shape index (κ3) is 7.71. The lowest BCUT2D eigenvalue weighted by molar-refractivity contribution is -0.131. The van der Waals surface area contributed by atoms with Crippen LogP contribution in [-0.2, 0) is 4.79 Å². The summed E-state index contributed by atoms with van der Waals surface area (Å²) in [6, 6.07) is 21.6. The zero-order valence-electron chi connectivity index (χ0n) is 31.0. The number of piperidine rings is 1. The minimum Gasteiger partial charge on any atom is -0.478 e. The summed E-state index contributed by atoms with van der Waals surface area (Å²) in [6.45, 7) is 7.44. The van der Waals surface area contributed by atoms with Gasteiger partial charge in [-0.25, -0.2) is 14.8 Å². The lowest BCUT2D eigenvalue weighted by atomic mass is 9.99. The fraction of sp³-hybridized carbons (Fsp3) is 0.262. The zero-order chi connectivity index (χ0) is 39.7. The molecule has 7 rings (SSSR count). The van der Waals surface area contributed by atoms with Gasteiger partial charge < -0.3 is 29.8 Å². The van der Waals surface area contributed by atoms with Crippen LogP contribution >= 0.6 is 34.8 Å². The number of carbonyl (C=O) groups is 3. The molecule has 0 aliphatic carbocycles.